The van der Waals surface area contributed by atoms with E-state index in [0.29, 0.717) is 0 Å². The van der Waals surface area contributed by atoms with E-state index in [1.54, 1.807) is 0 Å². The summed E-state index contributed by atoms with van der Waals surface area (Å²) in [6.45, 7) is 2.33. The van der Waals surface area contributed by atoms with Gasteiger partial charge in [0.25, 0.3) is 0 Å². The molecule has 0 saturated heterocycles. The Morgan fingerprint density at radius 1 is 1.00 bits per heavy atom. The fourth-order valence-electron chi connectivity index (χ4n) is 1.85. The molecule has 72 valence electrons. The molecular weight excluding hydrogens is 172 g/mol. The largest absolute Gasteiger partial charge is 0.396 e. The molecule has 0 aliphatic rings. The predicted molar refractivity (Wildman–Crippen MR) is 59.5 cm³/mol. The summed E-state index contributed by atoms with van der Waals surface area (Å²) in [5.41, 5.74) is 2.52. The second-order valence-electron chi connectivity index (χ2n) is 3.56. The molecule has 0 saturated carbocycles. The first kappa shape index (κ1) is 9.22. The average molecular weight is 186 g/mol. The molecule has 0 aliphatic carbocycles. The van der Waals surface area contributed by atoms with Crippen molar-refractivity contribution in [1.29, 1.82) is 0 Å². The molecule has 0 bridgehead atoms. The molecule has 0 fully saturated rings. The van der Waals surface area contributed by atoms with E-state index < -0.39 is 0 Å². The van der Waals surface area contributed by atoms with Crippen LogP contribution in [0.25, 0.3) is 10.8 Å². The molecule has 0 amide bonds. The van der Waals surface area contributed by atoms with Crippen LogP contribution < -0.4 is 0 Å². The van der Waals surface area contributed by atoms with Crippen molar-refractivity contribution in [2.24, 2.45) is 0 Å². The topological polar surface area (TPSA) is 20.2 Å². The molecule has 0 heterocycles. The Kier molecular flexibility index (Phi) is 2.51. The first-order valence-electron chi connectivity index (χ1n) is 4.91. The highest BCUT2D eigenvalue weighted by Gasteiger charge is 2.01. The minimum Gasteiger partial charge on any atom is -0.396 e. The quantitative estimate of drug-likeness (QED) is 0.764. The highest BCUT2D eigenvalue weighted by Crippen LogP contribution is 2.22. The molecule has 14 heavy (non-hydrogen) atoms. The lowest BCUT2D eigenvalue weighted by atomic mass is 9.99. The van der Waals surface area contributed by atoms with E-state index in [2.05, 4.69) is 37.3 Å². The molecule has 0 unspecified atom stereocenters. The number of aliphatic hydroxyl groups excluding tert-OH is 1. The average Bonchev–Trinajstić information content (AvgIpc) is 2.23. The normalized spacial score (nSPS) is 10.7. The maximum atomic E-state index is 8.95. The molecule has 0 aliphatic heterocycles. The van der Waals surface area contributed by atoms with E-state index in [0.717, 1.165) is 6.42 Å². The number of fused-ring (bicyclic) bond motifs is 1. The van der Waals surface area contributed by atoms with Gasteiger partial charge in [-0.25, -0.2) is 0 Å². The van der Waals surface area contributed by atoms with Crippen LogP contribution in [0.5, 0.6) is 0 Å². The molecule has 0 spiro atoms. The molecule has 2 aromatic carbocycles. The van der Waals surface area contributed by atoms with E-state index in [9.17, 15) is 0 Å². The molecule has 2 rings (SSSR count). The fraction of sp³-hybridized carbons (Fsp3) is 0.231. The van der Waals surface area contributed by atoms with Crippen LogP contribution in [0.15, 0.2) is 36.4 Å². The van der Waals surface area contributed by atoms with Crippen molar-refractivity contribution < 1.29 is 5.11 Å². The van der Waals surface area contributed by atoms with Gasteiger partial charge < -0.3 is 5.11 Å². The zero-order valence-corrected chi connectivity index (χ0v) is 8.33. The summed E-state index contributed by atoms with van der Waals surface area (Å²) in [5.74, 6) is 0. The van der Waals surface area contributed by atoms with Crippen LogP contribution in [0.3, 0.4) is 0 Å². The van der Waals surface area contributed by atoms with Crippen molar-refractivity contribution in [3.63, 3.8) is 0 Å². The Bertz CT molecular complexity index is 446. The van der Waals surface area contributed by atoms with Gasteiger partial charge in [-0.05, 0) is 35.2 Å². The minimum atomic E-state index is 0.215. The van der Waals surface area contributed by atoms with Gasteiger partial charge in [-0.3, -0.25) is 0 Å². The Hall–Kier alpha value is -1.34. The molecule has 1 nitrogen and oxygen atoms in total. The van der Waals surface area contributed by atoms with Crippen molar-refractivity contribution in [1.82, 2.24) is 0 Å². The predicted octanol–water partition coefficient (Wildman–Crippen LogP) is 2.68. The number of aliphatic hydroxyl groups is 1. The van der Waals surface area contributed by atoms with Crippen molar-refractivity contribution >= 4 is 10.8 Å². The third-order valence-corrected chi connectivity index (χ3v) is 2.61. The van der Waals surface area contributed by atoms with E-state index in [4.69, 9.17) is 5.11 Å². The number of rotatable bonds is 2. The van der Waals surface area contributed by atoms with Crippen molar-refractivity contribution in [2.45, 2.75) is 13.3 Å². The van der Waals surface area contributed by atoms with Gasteiger partial charge in [-0.2, -0.15) is 0 Å². The molecule has 0 atom stereocenters. The van der Waals surface area contributed by atoms with Crippen LogP contribution in [0, 0.1) is 6.92 Å². The lowest BCUT2D eigenvalue weighted by Gasteiger charge is -2.07. The van der Waals surface area contributed by atoms with Gasteiger partial charge in [-0.15, -0.1) is 0 Å². The van der Waals surface area contributed by atoms with Crippen LogP contribution in [0.1, 0.15) is 11.1 Å². The number of hydrogen-bond acceptors (Lipinski definition) is 1. The maximum absolute atomic E-state index is 8.95. The van der Waals surface area contributed by atoms with Gasteiger partial charge in [0, 0.05) is 6.61 Å². The zero-order chi connectivity index (χ0) is 9.97. The van der Waals surface area contributed by atoms with Gasteiger partial charge in [0.1, 0.15) is 0 Å². The first-order chi connectivity index (χ1) is 6.83. The third-order valence-electron chi connectivity index (χ3n) is 2.61. The number of aryl methyl sites for hydroxylation is 1. The second kappa shape index (κ2) is 3.81. The second-order valence-corrected chi connectivity index (χ2v) is 3.56. The van der Waals surface area contributed by atoms with Gasteiger partial charge in [-0.1, -0.05) is 36.4 Å². The van der Waals surface area contributed by atoms with E-state index >= 15 is 0 Å². The number of hydrogen-bond donors (Lipinski definition) is 1. The standard InChI is InChI=1S/C13H14O/c1-10-6-7-11(8-9-14)13-5-3-2-4-12(10)13/h2-7,14H,8-9H2,1H3. The smallest absolute Gasteiger partial charge is 0.0471 e. The van der Waals surface area contributed by atoms with Gasteiger partial charge in [0.05, 0.1) is 0 Å². The summed E-state index contributed by atoms with van der Waals surface area (Å²) in [7, 11) is 0. The van der Waals surface area contributed by atoms with Crippen molar-refractivity contribution in [3.8, 4) is 0 Å². The zero-order valence-electron chi connectivity index (χ0n) is 8.33. The summed E-state index contributed by atoms with van der Waals surface area (Å²) in [6, 6.07) is 12.6. The lowest BCUT2D eigenvalue weighted by molar-refractivity contribution is 0.300. The summed E-state index contributed by atoms with van der Waals surface area (Å²) < 4.78 is 0. The highest BCUT2D eigenvalue weighted by molar-refractivity contribution is 5.88. The summed E-state index contributed by atoms with van der Waals surface area (Å²) in [6.07, 6.45) is 0.737. The minimum absolute atomic E-state index is 0.215. The van der Waals surface area contributed by atoms with Gasteiger partial charge in [0.2, 0.25) is 0 Å². The Labute approximate surface area is 84.0 Å². The monoisotopic (exact) mass is 186 g/mol. The third kappa shape index (κ3) is 1.51. The Morgan fingerprint density at radius 3 is 2.43 bits per heavy atom. The van der Waals surface area contributed by atoms with Crippen molar-refractivity contribution in [2.75, 3.05) is 6.61 Å². The van der Waals surface area contributed by atoms with E-state index in [1.807, 2.05) is 6.07 Å². The van der Waals surface area contributed by atoms with E-state index in [-0.39, 0.29) is 6.61 Å². The van der Waals surface area contributed by atoms with E-state index in [1.165, 1.54) is 21.9 Å². The van der Waals surface area contributed by atoms with Crippen LogP contribution in [-0.4, -0.2) is 11.7 Å². The molecular formula is C13H14O. The molecule has 2 aromatic rings. The SMILES string of the molecule is Cc1ccc(CCO)c2ccccc12. The lowest BCUT2D eigenvalue weighted by Crippen LogP contribution is -1.92. The van der Waals surface area contributed by atoms with Gasteiger partial charge in [0.15, 0.2) is 0 Å². The fourth-order valence-corrected chi connectivity index (χ4v) is 1.85. The van der Waals surface area contributed by atoms with Crippen LogP contribution in [0.4, 0.5) is 0 Å². The summed E-state index contributed by atoms with van der Waals surface area (Å²) >= 11 is 0. The van der Waals surface area contributed by atoms with Crippen LogP contribution in [0.2, 0.25) is 0 Å². The Morgan fingerprint density at radius 2 is 1.71 bits per heavy atom. The Balaban J connectivity index is 2.68. The highest BCUT2D eigenvalue weighted by atomic mass is 16.2. The maximum Gasteiger partial charge on any atom is 0.0471 e. The van der Waals surface area contributed by atoms with Crippen LogP contribution >= 0.6 is 0 Å². The summed E-state index contributed by atoms with van der Waals surface area (Å²) in [5, 5.41) is 11.5. The summed E-state index contributed by atoms with van der Waals surface area (Å²) in [4.78, 5) is 0. The first-order valence-corrected chi connectivity index (χ1v) is 4.91. The molecule has 1 N–H and O–H groups in total. The van der Waals surface area contributed by atoms with Crippen LogP contribution in [-0.2, 0) is 6.42 Å². The van der Waals surface area contributed by atoms with Gasteiger partial charge >= 0.3 is 0 Å². The molecule has 0 aromatic heterocycles. The molecule has 1 heteroatoms. The molecule has 0 radical (unpaired) electrons. The van der Waals surface area contributed by atoms with Crippen molar-refractivity contribution in [3.05, 3.63) is 47.5 Å². The number of benzene rings is 2.